The second-order valence-corrected chi connectivity index (χ2v) is 8.73. The summed E-state index contributed by atoms with van der Waals surface area (Å²) < 4.78 is 0. The lowest BCUT2D eigenvalue weighted by Gasteiger charge is -2.51. The van der Waals surface area contributed by atoms with Gasteiger partial charge in [-0.3, -0.25) is 4.90 Å². The quantitative estimate of drug-likeness (QED) is 0.357. The summed E-state index contributed by atoms with van der Waals surface area (Å²) in [6.45, 7) is 2.18. The number of nitrogens with zero attached hydrogens (tertiary/aromatic N) is 1. The molecule has 0 amide bonds. The lowest BCUT2D eigenvalue weighted by molar-refractivity contribution is 0.160. The van der Waals surface area contributed by atoms with Gasteiger partial charge in [0, 0.05) is 0 Å². The molecule has 0 radical (unpaired) electrons. The zero-order chi connectivity index (χ0) is 21.0. The van der Waals surface area contributed by atoms with E-state index >= 15 is 0 Å². The van der Waals surface area contributed by atoms with Crippen molar-refractivity contribution in [3.05, 3.63) is 142 Å². The van der Waals surface area contributed by atoms with Crippen molar-refractivity contribution in [1.82, 2.24) is 4.90 Å². The first-order chi connectivity index (χ1) is 15.2. The van der Waals surface area contributed by atoms with Crippen LogP contribution in [0.2, 0.25) is 0 Å². The smallest absolute Gasteiger partial charge is 0.0984 e. The van der Waals surface area contributed by atoms with Gasteiger partial charge < -0.3 is 0 Å². The van der Waals surface area contributed by atoms with Crippen molar-refractivity contribution < 1.29 is 0 Å². The highest BCUT2D eigenvalue weighted by molar-refractivity contribution is 5.94. The zero-order valence-electron chi connectivity index (χ0n) is 17.9. The van der Waals surface area contributed by atoms with Gasteiger partial charge in [-0.25, -0.2) is 0 Å². The summed E-state index contributed by atoms with van der Waals surface area (Å²) in [4.78, 5) is 2.59. The maximum atomic E-state index is 2.59. The third kappa shape index (κ3) is 2.47. The molecule has 150 valence electrons. The van der Waals surface area contributed by atoms with Gasteiger partial charge in [0.05, 0.1) is 11.6 Å². The molecule has 31 heavy (non-hydrogen) atoms. The van der Waals surface area contributed by atoms with Gasteiger partial charge in [-0.1, -0.05) is 109 Å². The number of fused-ring (bicyclic) bond motifs is 5. The van der Waals surface area contributed by atoms with Gasteiger partial charge >= 0.3 is 0 Å². The average molecular weight is 400 g/mol. The first kappa shape index (κ1) is 18.4. The van der Waals surface area contributed by atoms with E-state index in [1.807, 2.05) is 0 Å². The van der Waals surface area contributed by atoms with Crippen LogP contribution in [0.15, 0.2) is 103 Å². The van der Waals surface area contributed by atoms with E-state index in [2.05, 4.69) is 128 Å². The minimum absolute atomic E-state index is 0.214. The Morgan fingerprint density at radius 3 is 2.00 bits per heavy atom. The van der Waals surface area contributed by atoms with E-state index in [-0.39, 0.29) is 11.6 Å². The Hall–Kier alpha value is -3.42. The van der Waals surface area contributed by atoms with Crippen molar-refractivity contribution >= 4 is 11.6 Å². The summed E-state index contributed by atoms with van der Waals surface area (Å²) in [6, 6.07) is 38.1. The summed E-state index contributed by atoms with van der Waals surface area (Å²) in [7, 11) is 2.30. The van der Waals surface area contributed by atoms with E-state index in [9.17, 15) is 0 Å². The number of hydrogen-bond acceptors (Lipinski definition) is 1. The van der Waals surface area contributed by atoms with E-state index in [1.165, 1.54) is 44.5 Å². The molecular weight excluding hydrogens is 374 g/mol. The Kier molecular flexibility index (Phi) is 4.03. The second-order valence-electron chi connectivity index (χ2n) is 8.73. The van der Waals surface area contributed by atoms with E-state index in [0.29, 0.717) is 0 Å². The van der Waals surface area contributed by atoms with Crippen LogP contribution >= 0.6 is 0 Å². The molecule has 4 aromatic carbocycles. The molecule has 2 aliphatic rings. The average Bonchev–Trinajstić information content (AvgIpc) is 3.20. The highest BCUT2D eigenvalue weighted by atomic mass is 15.2. The summed E-state index contributed by atoms with van der Waals surface area (Å²) in [5.74, 6) is 0. The molecule has 1 heterocycles. The summed E-state index contributed by atoms with van der Waals surface area (Å²) in [5.41, 5.74) is 10.4. The molecule has 0 spiro atoms. The van der Waals surface area contributed by atoms with E-state index in [0.717, 1.165) is 0 Å². The Labute approximate surface area is 184 Å². The monoisotopic (exact) mass is 399 g/mol. The minimum Gasteiger partial charge on any atom is -0.278 e. The largest absolute Gasteiger partial charge is 0.278 e. The number of likely N-dealkylation sites (N-methyl/N-ethyl adjacent to an activating group) is 1. The molecule has 0 fully saturated rings. The molecule has 4 aromatic rings. The molecule has 0 saturated heterocycles. The maximum Gasteiger partial charge on any atom is 0.0984 e. The lowest BCUT2D eigenvalue weighted by atomic mass is 9.68. The van der Waals surface area contributed by atoms with Crippen molar-refractivity contribution in [2.75, 3.05) is 7.05 Å². The van der Waals surface area contributed by atoms with Gasteiger partial charge in [0.2, 0.25) is 0 Å². The number of rotatable bonds is 2. The second kappa shape index (κ2) is 6.80. The fraction of sp³-hybridized carbons (Fsp3) is 0.133. The molecule has 1 heteroatoms. The maximum absolute atomic E-state index is 2.59. The van der Waals surface area contributed by atoms with Crippen LogP contribution in [-0.4, -0.2) is 11.9 Å². The van der Waals surface area contributed by atoms with E-state index < -0.39 is 0 Å². The third-order valence-electron chi connectivity index (χ3n) is 7.07. The van der Waals surface area contributed by atoms with Crippen molar-refractivity contribution in [1.29, 1.82) is 0 Å². The first-order valence-corrected chi connectivity index (χ1v) is 11.0. The Morgan fingerprint density at radius 1 is 0.710 bits per heavy atom. The first-order valence-electron chi connectivity index (χ1n) is 11.0. The van der Waals surface area contributed by atoms with Gasteiger partial charge in [0.1, 0.15) is 0 Å². The van der Waals surface area contributed by atoms with Gasteiger partial charge in [0.25, 0.3) is 0 Å². The van der Waals surface area contributed by atoms with Gasteiger partial charge in [-0.2, -0.15) is 0 Å². The molecule has 6 rings (SSSR count). The molecule has 1 aliphatic heterocycles. The summed E-state index contributed by atoms with van der Waals surface area (Å²) >= 11 is 0. The molecule has 1 atom stereocenters. The number of hydrogen-bond donors (Lipinski definition) is 0. The summed E-state index contributed by atoms with van der Waals surface area (Å²) in [5, 5.41) is 0. The molecular formula is C30H25N. The van der Waals surface area contributed by atoms with Crippen molar-refractivity contribution in [2.24, 2.45) is 0 Å². The van der Waals surface area contributed by atoms with Gasteiger partial charge in [0.15, 0.2) is 0 Å². The molecule has 0 unspecified atom stereocenters. The van der Waals surface area contributed by atoms with Crippen LogP contribution in [0, 0.1) is 6.92 Å². The van der Waals surface area contributed by atoms with Crippen LogP contribution < -0.4 is 0 Å². The highest BCUT2D eigenvalue weighted by Crippen LogP contribution is 2.57. The molecule has 0 N–H and O–H groups in total. The minimum atomic E-state index is -0.367. The van der Waals surface area contributed by atoms with E-state index in [4.69, 9.17) is 0 Å². The fourth-order valence-corrected chi connectivity index (χ4v) is 5.80. The van der Waals surface area contributed by atoms with Crippen LogP contribution in [0.4, 0.5) is 0 Å². The Balaban J connectivity index is 1.73. The zero-order valence-corrected chi connectivity index (χ0v) is 17.9. The fourth-order valence-electron chi connectivity index (χ4n) is 5.80. The number of benzene rings is 4. The van der Waals surface area contributed by atoms with Crippen molar-refractivity contribution in [2.45, 2.75) is 18.5 Å². The predicted molar refractivity (Wildman–Crippen MR) is 129 cm³/mol. The highest BCUT2D eigenvalue weighted by Gasteiger charge is 2.50. The van der Waals surface area contributed by atoms with Crippen molar-refractivity contribution in [3.63, 3.8) is 0 Å². The molecule has 0 aromatic heterocycles. The van der Waals surface area contributed by atoms with Gasteiger partial charge in [-0.05, 0) is 59.0 Å². The van der Waals surface area contributed by atoms with E-state index in [1.54, 1.807) is 0 Å². The normalized spacial score (nSPS) is 18.6. The van der Waals surface area contributed by atoms with Crippen LogP contribution in [0.3, 0.4) is 0 Å². The third-order valence-corrected chi connectivity index (χ3v) is 7.07. The van der Waals surface area contributed by atoms with Gasteiger partial charge in [-0.15, -0.1) is 0 Å². The standard InChI is InChI=1S/C30H25N/c1-21-17-18-25-22(19-21)20-27-26-15-9-10-16-28(26)30(31(2)29(25)27,23-11-5-3-6-12-23)24-13-7-4-8-14-24/h3-20,29H,1-2H3/t29-/m1/s1. The Morgan fingerprint density at radius 2 is 1.32 bits per heavy atom. The topological polar surface area (TPSA) is 3.24 Å². The van der Waals surface area contributed by atoms with Crippen LogP contribution in [0.5, 0.6) is 0 Å². The Bertz CT molecular complexity index is 1260. The lowest BCUT2D eigenvalue weighted by Crippen LogP contribution is -2.50. The number of aryl methyl sites for hydroxylation is 1. The SMILES string of the molecule is Cc1ccc2c(c1)C=C1c3ccccc3C(c3ccccc3)(c3ccccc3)N(C)[C@@H]12. The molecule has 1 aliphatic carbocycles. The van der Waals surface area contributed by atoms with Crippen LogP contribution in [0.1, 0.15) is 45.0 Å². The molecule has 1 nitrogen and oxygen atoms in total. The van der Waals surface area contributed by atoms with Crippen LogP contribution in [-0.2, 0) is 5.54 Å². The van der Waals surface area contributed by atoms with Crippen molar-refractivity contribution in [3.8, 4) is 0 Å². The molecule has 0 saturated carbocycles. The predicted octanol–water partition coefficient (Wildman–Crippen LogP) is 6.83. The molecule has 0 bridgehead atoms. The summed E-state index contributed by atoms with van der Waals surface area (Å²) in [6.07, 6.45) is 2.40. The van der Waals surface area contributed by atoms with Crippen LogP contribution in [0.25, 0.3) is 11.6 Å².